The lowest BCUT2D eigenvalue weighted by Gasteiger charge is -1.96. The molecule has 0 aliphatic heterocycles. The molecule has 2 heterocycles. The van der Waals surface area contributed by atoms with Crippen molar-refractivity contribution in [1.29, 1.82) is 0 Å². The van der Waals surface area contributed by atoms with Crippen LogP contribution in [0.1, 0.15) is 19.5 Å². The number of hydrogen-bond acceptors (Lipinski definition) is 2. The summed E-state index contributed by atoms with van der Waals surface area (Å²) in [6.07, 6.45) is 0. The molecule has 2 rings (SSSR count). The van der Waals surface area contributed by atoms with Gasteiger partial charge in [-0.25, -0.2) is 0 Å². The summed E-state index contributed by atoms with van der Waals surface area (Å²) in [6, 6.07) is 5.90. The third kappa shape index (κ3) is 2.05. The molecule has 3 heteroatoms. The summed E-state index contributed by atoms with van der Waals surface area (Å²) in [5, 5.41) is 1.12. The largest absolute Gasteiger partial charge is 0.481 e. The van der Waals surface area contributed by atoms with Crippen LogP contribution in [0.5, 0.6) is 5.88 Å². The second-order valence-electron chi connectivity index (χ2n) is 2.74. The SMILES string of the molecule is CC.COc1ccc2cc(C)[nH]c2n1. The smallest absolute Gasteiger partial charge is 0.214 e. The van der Waals surface area contributed by atoms with Crippen molar-refractivity contribution >= 4 is 11.0 Å². The Kier molecular flexibility index (Phi) is 3.51. The summed E-state index contributed by atoms with van der Waals surface area (Å²) < 4.78 is 5.00. The first-order valence-corrected chi connectivity index (χ1v) is 4.80. The van der Waals surface area contributed by atoms with E-state index in [1.54, 1.807) is 7.11 Å². The summed E-state index contributed by atoms with van der Waals surface area (Å²) in [6.45, 7) is 6.01. The topological polar surface area (TPSA) is 37.9 Å². The van der Waals surface area contributed by atoms with Crippen LogP contribution in [0.2, 0.25) is 0 Å². The van der Waals surface area contributed by atoms with Crippen LogP contribution in [0.3, 0.4) is 0 Å². The van der Waals surface area contributed by atoms with Gasteiger partial charge in [-0.1, -0.05) is 13.8 Å². The van der Waals surface area contributed by atoms with Gasteiger partial charge < -0.3 is 9.72 Å². The molecule has 0 spiro atoms. The Labute approximate surface area is 84.1 Å². The Bertz CT molecular complexity index is 407. The maximum absolute atomic E-state index is 5.00. The zero-order valence-corrected chi connectivity index (χ0v) is 9.09. The lowest BCUT2D eigenvalue weighted by atomic mass is 10.3. The molecular formula is C11H16N2O. The van der Waals surface area contributed by atoms with Gasteiger partial charge in [-0.15, -0.1) is 0 Å². The molecule has 0 aliphatic rings. The van der Waals surface area contributed by atoms with Crippen molar-refractivity contribution < 1.29 is 4.74 Å². The van der Waals surface area contributed by atoms with Gasteiger partial charge in [0.25, 0.3) is 0 Å². The molecule has 0 saturated heterocycles. The number of H-pyrrole nitrogens is 1. The summed E-state index contributed by atoms with van der Waals surface area (Å²) in [5.41, 5.74) is 2.00. The van der Waals surface area contributed by atoms with E-state index in [-0.39, 0.29) is 0 Å². The van der Waals surface area contributed by atoms with Crippen LogP contribution in [0.4, 0.5) is 0 Å². The molecule has 0 atom stereocenters. The van der Waals surface area contributed by atoms with Crippen LogP contribution in [0.25, 0.3) is 11.0 Å². The fourth-order valence-electron chi connectivity index (χ4n) is 1.24. The van der Waals surface area contributed by atoms with Crippen LogP contribution in [-0.2, 0) is 0 Å². The molecule has 76 valence electrons. The van der Waals surface area contributed by atoms with Crippen molar-refractivity contribution in [1.82, 2.24) is 9.97 Å². The van der Waals surface area contributed by atoms with Crippen molar-refractivity contribution in [2.45, 2.75) is 20.8 Å². The van der Waals surface area contributed by atoms with Gasteiger partial charge in [-0.2, -0.15) is 4.98 Å². The zero-order chi connectivity index (χ0) is 10.6. The minimum Gasteiger partial charge on any atom is -0.481 e. The number of ether oxygens (including phenoxy) is 1. The summed E-state index contributed by atoms with van der Waals surface area (Å²) in [7, 11) is 1.62. The van der Waals surface area contributed by atoms with Gasteiger partial charge in [0, 0.05) is 17.1 Å². The van der Waals surface area contributed by atoms with E-state index in [0.717, 1.165) is 16.7 Å². The van der Waals surface area contributed by atoms with Gasteiger partial charge >= 0.3 is 0 Å². The first-order valence-electron chi connectivity index (χ1n) is 4.80. The number of methoxy groups -OCH3 is 1. The second kappa shape index (κ2) is 4.65. The van der Waals surface area contributed by atoms with E-state index in [4.69, 9.17) is 4.74 Å². The Morgan fingerprint density at radius 3 is 2.64 bits per heavy atom. The van der Waals surface area contributed by atoms with Crippen LogP contribution in [0, 0.1) is 6.92 Å². The molecular weight excluding hydrogens is 176 g/mol. The highest BCUT2D eigenvalue weighted by molar-refractivity contribution is 5.76. The van der Waals surface area contributed by atoms with E-state index in [1.165, 1.54) is 0 Å². The molecule has 0 radical (unpaired) electrons. The van der Waals surface area contributed by atoms with Crippen LogP contribution in [0.15, 0.2) is 18.2 Å². The van der Waals surface area contributed by atoms with Crippen molar-refractivity contribution in [3.8, 4) is 5.88 Å². The zero-order valence-electron chi connectivity index (χ0n) is 9.09. The first kappa shape index (κ1) is 10.6. The van der Waals surface area contributed by atoms with Crippen LogP contribution >= 0.6 is 0 Å². The fraction of sp³-hybridized carbons (Fsp3) is 0.364. The third-order valence-electron chi connectivity index (χ3n) is 1.80. The number of nitrogens with zero attached hydrogens (tertiary/aromatic N) is 1. The van der Waals surface area contributed by atoms with Gasteiger partial charge in [0.05, 0.1) is 7.11 Å². The summed E-state index contributed by atoms with van der Waals surface area (Å²) in [4.78, 5) is 7.38. The van der Waals surface area contributed by atoms with Gasteiger partial charge in [-0.05, 0) is 19.1 Å². The minimum atomic E-state index is 0.643. The van der Waals surface area contributed by atoms with E-state index >= 15 is 0 Å². The highest BCUT2D eigenvalue weighted by Crippen LogP contribution is 2.16. The first-order chi connectivity index (χ1) is 6.79. The lowest BCUT2D eigenvalue weighted by molar-refractivity contribution is 0.399. The van der Waals surface area contributed by atoms with E-state index in [2.05, 4.69) is 16.0 Å². The molecule has 2 aromatic heterocycles. The molecule has 2 aromatic rings. The maximum atomic E-state index is 5.00. The van der Waals surface area contributed by atoms with E-state index in [0.29, 0.717) is 5.88 Å². The minimum absolute atomic E-state index is 0.643. The Balaban J connectivity index is 0.000000461. The number of aromatic amines is 1. The number of aromatic nitrogens is 2. The normalized spacial score (nSPS) is 9.43. The number of hydrogen-bond donors (Lipinski definition) is 1. The molecule has 0 unspecified atom stereocenters. The molecule has 0 saturated carbocycles. The van der Waals surface area contributed by atoms with E-state index in [1.807, 2.05) is 32.9 Å². The molecule has 1 N–H and O–H groups in total. The van der Waals surface area contributed by atoms with Crippen molar-refractivity contribution in [2.24, 2.45) is 0 Å². The molecule has 0 bridgehead atoms. The predicted octanol–water partition coefficient (Wildman–Crippen LogP) is 2.91. The van der Waals surface area contributed by atoms with Crippen molar-refractivity contribution in [2.75, 3.05) is 7.11 Å². The van der Waals surface area contributed by atoms with Gasteiger partial charge in [0.15, 0.2) is 0 Å². The summed E-state index contributed by atoms with van der Waals surface area (Å²) >= 11 is 0. The highest BCUT2D eigenvalue weighted by atomic mass is 16.5. The van der Waals surface area contributed by atoms with E-state index in [9.17, 15) is 0 Å². The van der Waals surface area contributed by atoms with Gasteiger partial charge in [0.1, 0.15) is 5.65 Å². The van der Waals surface area contributed by atoms with Gasteiger partial charge in [0.2, 0.25) is 5.88 Å². The lowest BCUT2D eigenvalue weighted by Crippen LogP contribution is -1.86. The number of rotatable bonds is 1. The molecule has 0 aliphatic carbocycles. The summed E-state index contributed by atoms with van der Waals surface area (Å²) in [5.74, 6) is 0.643. The van der Waals surface area contributed by atoms with Crippen molar-refractivity contribution in [3.05, 3.63) is 23.9 Å². The Morgan fingerprint density at radius 1 is 1.29 bits per heavy atom. The molecule has 0 aromatic carbocycles. The monoisotopic (exact) mass is 192 g/mol. The molecule has 3 nitrogen and oxygen atoms in total. The number of nitrogens with one attached hydrogen (secondary N) is 1. The van der Waals surface area contributed by atoms with E-state index < -0.39 is 0 Å². The number of fused-ring (bicyclic) bond motifs is 1. The van der Waals surface area contributed by atoms with Crippen molar-refractivity contribution in [3.63, 3.8) is 0 Å². The average molecular weight is 192 g/mol. The maximum Gasteiger partial charge on any atom is 0.214 e. The number of aryl methyl sites for hydroxylation is 1. The van der Waals surface area contributed by atoms with Gasteiger partial charge in [-0.3, -0.25) is 0 Å². The standard InChI is InChI=1S/C9H10N2O.C2H6/c1-6-5-7-3-4-8(12-2)11-9(7)10-6;1-2/h3-5H,1-2H3,(H,10,11);1-2H3. The third-order valence-corrected chi connectivity index (χ3v) is 1.80. The quantitative estimate of drug-likeness (QED) is 0.754. The fourth-order valence-corrected chi connectivity index (χ4v) is 1.24. The Hall–Kier alpha value is -1.51. The van der Waals surface area contributed by atoms with Crippen LogP contribution in [-0.4, -0.2) is 17.1 Å². The average Bonchev–Trinajstić information content (AvgIpc) is 2.59. The van der Waals surface area contributed by atoms with Crippen LogP contribution < -0.4 is 4.74 Å². The second-order valence-corrected chi connectivity index (χ2v) is 2.74. The Morgan fingerprint density at radius 2 is 2.00 bits per heavy atom. The number of pyridine rings is 1. The highest BCUT2D eigenvalue weighted by Gasteiger charge is 1.99. The predicted molar refractivity (Wildman–Crippen MR) is 58.7 cm³/mol. The molecule has 0 amide bonds. The molecule has 0 fully saturated rings. The molecule has 14 heavy (non-hydrogen) atoms.